The average molecular weight is 500 g/mol. The number of amides is 1. The third-order valence-electron chi connectivity index (χ3n) is 8.64. The fraction of sp³-hybridized carbons (Fsp3) is 0.500. The van der Waals surface area contributed by atoms with Crippen LogP contribution >= 0.6 is 22.9 Å². The molecule has 2 atom stereocenters. The summed E-state index contributed by atoms with van der Waals surface area (Å²) in [5.74, 6) is -0.591. The van der Waals surface area contributed by atoms with Crippen molar-refractivity contribution in [2.45, 2.75) is 59.5 Å². The van der Waals surface area contributed by atoms with Gasteiger partial charge < -0.3 is 14.6 Å². The minimum atomic E-state index is -0.799. The second-order valence-electron chi connectivity index (χ2n) is 10.5. The number of hydrogen-bond donors (Lipinski definition) is 1. The molecule has 0 radical (unpaired) electrons. The maximum atomic E-state index is 13.5. The summed E-state index contributed by atoms with van der Waals surface area (Å²) in [5.41, 5.74) is 2.12. The summed E-state index contributed by atoms with van der Waals surface area (Å²) in [6.07, 6.45) is 4.38. The van der Waals surface area contributed by atoms with Crippen molar-refractivity contribution in [2.24, 2.45) is 16.7 Å². The van der Waals surface area contributed by atoms with E-state index in [0.717, 1.165) is 38.8 Å². The molecule has 8 heteroatoms. The summed E-state index contributed by atoms with van der Waals surface area (Å²) >= 11 is 7.74. The number of thiophene rings is 1. The smallest absolute Gasteiger partial charge is 0.309 e. The van der Waals surface area contributed by atoms with Crippen molar-refractivity contribution in [3.63, 3.8) is 0 Å². The predicted molar refractivity (Wildman–Crippen MR) is 134 cm³/mol. The predicted octanol–water partition coefficient (Wildman–Crippen LogP) is 5.60. The zero-order valence-electron chi connectivity index (χ0n) is 19.8. The first kappa shape index (κ1) is 23.4. The Bertz CT molecular complexity index is 1280. The number of carbonyl (C=O) groups is 2. The Morgan fingerprint density at radius 2 is 2.06 bits per heavy atom. The van der Waals surface area contributed by atoms with E-state index in [1.165, 1.54) is 5.56 Å². The maximum Gasteiger partial charge on any atom is 0.309 e. The van der Waals surface area contributed by atoms with Crippen LogP contribution < -0.4 is 0 Å². The number of aliphatic carboxylic acids is 1. The number of pyridine rings is 1. The van der Waals surface area contributed by atoms with Gasteiger partial charge in [0.15, 0.2) is 0 Å². The van der Waals surface area contributed by atoms with Crippen LogP contribution in [0.3, 0.4) is 0 Å². The van der Waals surface area contributed by atoms with Crippen molar-refractivity contribution in [3.8, 4) is 0 Å². The van der Waals surface area contributed by atoms with E-state index in [1.807, 2.05) is 50.1 Å². The first-order valence-electron chi connectivity index (χ1n) is 11.8. The monoisotopic (exact) mass is 499 g/mol. The van der Waals surface area contributed by atoms with Gasteiger partial charge >= 0.3 is 5.97 Å². The molecular formula is C26H30ClN3O3S. The van der Waals surface area contributed by atoms with Crippen molar-refractivity contribution in [1.29, 1.82) is 0 Å². The van der Waals surface area contributed by atoms with Crippen LogP contribution in [-0.2, 0) is 29.1 Å². The quantitative estimate of drug-likeness (QED) is 0.495. The van der Waals surface area contributed by atoms with Crippen LogP contribution in [0.25, 0.3) is 11.0 Å². The molecular weight excluding hydrogens is 470 g/mol. The fourth-order valence-electron chi connectivity index (χ4n) is 5.91. The summed E-state index contributed by atoms with van der Waals surface area (Å²) in [6.45, 7) is 7.75. The van der Waals surface area contributed by atoms with Crippen molar-refractivity contribution in [2.75, 3.05) is 6.54 Å². The molecule has 3 aromatic heterocycles. The van der Waals surface area contributed by atoms with Gasteiger partial charge in [0.05, 0.1) is 22.8 Å². The number of halogens is 1. The van der Waals surface area contributed by atoms with E-state index in [9.17, 15) is 14.7 Å². The Labute approximate surface area is 208 Å². The molecule has 3 aromatic rings. The molecule has 1 aliphatic heterocycles. The molecule has 1 N–H and O–H groups in total. The Morgan fingerprint density at radius 3 is 2.74 bits per heavy atom. The number of nitrogens with zero attached hydrogens (tertiary/aromatic N) is 3. The third-order valence-corrected chi connectivity index (χ3v) is 9.85. The van der Waals surface area contributed by atoms with Gasteiger partial charge in [-0.2, -0.15) is 0 Å². The molecule has 0 spiro atoms. The van der Waals surface area contributed by atoms with Crippen LogP contribution in [0.4, 0.5) is 0 Å². The molecule has 0 aromatic carbocycles. The van der Waals surface area contributed by atoms with Crippen LogP contribution in [-0.4, -0.2) is 38.0 Å². The van der Waals surface area contributed by atoms with Gasteiger partial charge in [0.1, 0.15) is 5.65 Å². The minimum Gasteiger partial charge on any atom is -0.481 e. The highest BCUT2D eigenvalue weighted by atomic mass is 35.5. The van der Waals surface area contributed by atoms with Crippen LogP contribution in [0.5, 0.6) is 0 Å². The van der Waals surface area contributed by atoms with Crippen molar-refractivity contribution < 1.29 is 14.7 Å². The zero-order chi connectivity index (χ0) is 24.3. The average Bonchev–Trinajstić information content (AvgIpc) is 3.43. The fourth-order valence-corrected chi connectivity index (χ4v) is 6.99. The number of carboxylic acids is 1. The van der Waals surface area contributed by atoms with Gasteiger partial charge in [-0.25, -0.2) is 4.98 Å². The highest BCUT2D eigenvalue weighted by Gasteiger charge is 2.56. The number of aromatic nitrogens is 2. The molecule has 0 bridgehead atoms. The summed E-state index contributed by atoms with van der Waals surface area (Å²) in [5, 5.41) is 11.0. The summed E-state index contributed by atoms with van der Waals surface area (Å²) in [4.78, 5) is 33.2. The first-order chi connectivity index (χ1) is 16.1. The molecule has 4 heterocycles. The largest absolute Gasteiger partial charge is 0.481 e. The lowest BCUT2D eigenvalue weighted by Gasteiger charge is -2.39. The number of hydrogen-bond acceptors (Lipinski definition) is 4. The second-order valence-corrected chi connectivity index (χ2v) is 12.3. The third kappa shape index (κ3) is 3.64. The molecule has 2 aliphatic rings. The van der Waals surface area contributed by atoms with E-state index in [4.69, 9.17) is 11.6 Å². The topological polar surface area (TPSA) is 75.4 Å². The van der Waals surface area contributed by atoms with Gasteiger partial charge in [0.25, 0.3) is 0 Å². The van der Waals surface area contributed by atoms with Crippen LogP contribution in [0.1, 0.15) is 56.2 Å². The molecule has 0 saturated heterocycles. The second kappa shape index (κ2) is 8.38. The van der Waals surface area contributed by atoms with E-state index >= 15 is 0 Å². The molecule has 1 aliphatic carbocycles. The van der Waals surface area contributed by atoms with E-state index in [2.05, 4.69) is 15.6 Å². The normalized spacial score (nSPS) is 23.9. The Hall–Kier alpha value is -2.38. The Morgan fingerprint density at radius 1 is 1.26 bits per heavy atom. The molecule has 6 nitrogen and oxygen atoms in total. The van der Waals surface area contributed by atoms with Crippen LogP contribution in [0, 0.1) is 16.7 Å². The van der Waals surface area contributed by atoms with E-state index in [0.29, 0.717) is 32.5 Å². The number of carbonyl (C=O) groups excluding carboxylic acids is 1. The van der Waals surface area contributed by atoms with Gasteiger partial charge in [-0.3, -0.25) is 9.59 Å². The van der Waals surface area contributed by atoms with E-state index in [1.54, 1.807) is 11.3 Å². The van der Waals surface area contributed by atoms with Crippen LogP contribution in [0.15, 0.2) is 30.5 Å². The summed E-state index contributed by atoms with van der Waals surface area (Å²) < 4.78 is 2.99. The van der Waals surface area contributed by atoms with Gasteiger partial charge in [0, 0.05) is 35.1 Å². The molecule has 0 unspecified atom stereocenters. The van der Waals surface area contributed by atoms with Gasteiger partial charge in [-0.05, 0) is 67.3 Å². The van der Waals surface area contributed by atoms with Gasteiger partial charge in [0.2, 0.25) is 5.91 Å². The molecule has 1 fully saturated rings. The lowest BCUT2D eigenvalue weighted by molar-refractivity contribution is -0.155. The highest BCUT2D eigenvalue weighted by Crippen LogP contribution is 2.57. The summed E-state index contributed by atoms with van der Waals surface area (Å²) in [7, 11) is 0. The molecule has 1 saturated carbocycles. The van der Waals surface area contributed by atoms with Crippen molar-refractivity contribution in [3.05, 3.63) is 50.9 Å². The van der Waals surface area contributed by atoms with Gasteiger partial charge in [-0.1, -0.05) is 25.4 Å². The molecule has 34 heavy (non-hydrogen) atoms. The van der Waals surface area contributed by atoms with Gasteiger partial charge in [-0.15, -0.1) is 11.3 Å². The Balaban J connectivity index is 1.40. The number of carboxylic acid groups (broad SMARTS) is 1. The zero-order valence-corrected chi connectivity index (χ0v) is 21.4. The Kier molecular flexibility index (Phi) is 5.76. The van der Waals surface area contributed by atoms with E-state index < -0.39 is 16.8 Å². The maximum absolute atomic E-state index is 13.5. The minimum absolute atomic E-state index is 0.0586. The number of fused-ring (bicyclic) bond motifs is 3. The van der Waals surface area contributed by atoms with Crippen molar-refractivity contribution in [1.82, 2.24) is 14.5 Å². The summed E-state index contributed by atoms with van der Waals surface area (Å²) in [6, 6.07) is 8.04. The molecule has 5 rings (SSSR count). The lowest BCUT2D eigenvalue weighted by Crippen LogP contribution is -2.43. The lowest BCUT2D eigenvalue weighted by atomic mass is 9.65. The first-order valence-corrected chi connectivity index (χ1v) is 13.0. The van der Waals surface area contributed by atoms with Crippen LogP contribution in [0.2, 0.25) is 4.34 Å². The van der Waals surface area contributed by atoms with E-state index in [-0.39, 0.29) is 11.8 Å². The standard InChI is InChI=1S/C26H30ClN3O3S/c1-25(2)16(8-10-26(25,3)24(32)33)13-22(31)29-12-9-18-19-5-4-11-28-23(19)30(20(18)15-29)14-17-6-7-21(27)34-17/h4-7,11,16H,8-10,12-15H2,1-3H3,(H,32,33)/t16-,26+/m1/s1. The SMILES string of the molecule is CC1(C)[C@@H](CC(=O)N2CCc3c(n(Cc4ccc(Cl)s4)c4ncccc34)C2)CC[C@@]1(C)C(=O)O. The molecule has 180 valence electrons. The molecule has 1 amide bonds. The highest BCUT2D eigenvalue weighted by molar-refractivity contribution is 7.16. The van der Waals surface area contributed by atoms with Crippen molar-refractivity contribution >= 4 is 45.8 Å². The number of rotatable bonds is 5.